The quantitative estimate of drug-likeness (QED) is 0.672. The van der Waals surface area contributed by atoms with Crippen molar-refractivity contribution < 1.29 is 13.8 Å². The van der Waals surface area contributed by atoms with Crippen LogP contribution in [0.1, 0.15) is 15.9 Å². The van der Waals surface area contributed by atoms with Gasteiger partial charge in [0.1, 0.15) is 12.4 Å². The van der Waals surface area contributed by atoms with Gasteiger partial charge in [-0.15, -0.1) is 0 Å². The maximum Gasteiger partial charge on any atom is 0.274 e. The van der Waals surface area contributed by atoms with E-state index in [2.05, 4.69) is 11.4 Å². The van der Waals surface area contributed by atoms with Crippen LogP contribution >= 0.6 is 0 Å². The summed E-state index contributed by atoms with van der Waals surface area (Å²) in [4.78, 5) is 12.4. The zero-order valence-corrected chi connectivity index (χ0v) is 11.3. The van der Waals surface area contributed by atoms with Crippen molar-refractivity contribution in [3.8, 4) is 0 Å². The monoisotopic (exact) mass is 271 g/mol. The average molecular weight is 271 g/mol. The Bertz CT molecular complexity index is 652. The van der Waals surface area contributed by atoms with Gasteiger partial charge in [-0.1, -0.05) is 0 Å². The van der Waals surface area contributed by atoms with Gasteiger partial charge >= 0.3 is 0 Å². The second-order valence-electron chi connectivity index (χ2n) is 5.19. The van der Waals surface area contributed by atoms with E-state index in [-0.39, 0.29) is 17.5 Å². The summed E-state index contributed by atoms with van der Waals surface area (Å²) in [5, 5.41) is 3.28. The highest BCUT2D eigenvalue weighted by atomic mass is 19.1. The predicted octanol–water partition coefficient (Wildman–Crippen LogP) is 2.35. The number of ketones is 1. The number of anilines is 1. The van der Waals surface area contributed by atoms with Gasteiger partial charge in [0.15, 0.2) is 5.78 Å². The Morgan fingerprint density at radius 3 is 2.80 bits per heavy atom. The van der Waals surface area contributed by atoms with Crippen molar-refractivity contribution >= 4 is 11.6 Å². The molecule has 0 radical (unpaired) electrons. The third-order valence-corrected chi connectivity index (χ3v) is 3.64. The fourth-order valence-electron chi connectivity index (χ4n) is 2.50. The summed E-state index contributed by atoms with van der Waals surface area (Å²) in [6.45, 7) is 3.30. The van der Waals surface area contributed by atoms with Crippen LogP contribution in [0.25, 0.3) is 0 Å². The fraction of sp³-hybridized carbons (Fsp3) is 0.250. The first kappa shape index (κ1) is 12.8. The number of aryl methyl sites for hydroxylation is 1. The van der Waals surface area contributed by atoms with Crippen molar-refractivity contribution in [2.75, 3.05) is 11.9 Å². The Morgan fingerprint density at radius 1 is 1.30 bits per heavy atom. The number of benzene rings is 1. The second-order valence-corrected chi connectivity index (χ2v) is 5.19. The molecule has 0 aliphatic carbocycles. The van der Waals surface area contributed by atoms with Gasteiger partial charge in [-0.3, -0.25) is 10.1 Å². The number of pyridine rings is 1. The summed E-state index contributed by atoms with van der Waals surface area (Å²) in [6, 6.07) is 9.84. The third-order valence-electron chi connectivity index (χ3n) is 3.64. The molecule has 0 spiro atoms. The van der Waals surface area contributed by atoms with Crippen molar-refractivity contribution in [1.82, 2.24) is 0 Å². The number of aromatic nitrogens is 1. The average Bonchev–Trinajstić information content (AvgIpc) is 2.47. The molecule has 102 valence electrons. The molecule has 1 atom stereocenters. The zero-order valence-electron chi connectivity index (χ0n) is 11.3. The minimum atomic E-state index is -0.321. The summed E-state index contributed by atoms with van der Waals surface area (Å²) < 4.78 is 14.9. The topological polar surface area (TPSA) is 33.0 Å². The number of Topliss-reactive ketones (excluding diaryl/α,β-unsaturated/α-hetero) is 1. The van der Waals surface area contributed by atoms with Crippen molar-refractivity contribution in [1.29, 1.82) is 0 Å². The number of carbonyl (C=O) groups is 1. The summed E-state index contributed by atoms with van der Waals surface area (Å²) in [7, 11) is 0. The molecular weight excluding hydrogens is 255 g/mol. The lowest BCUT2D eigenvalue weighted by Gasteiger charge is -2.20. The van der Waals surface area contributed by atoms with Gasteiger partial charge in [0.2, 0.25) is 0 Å². The van der Waals surface area contributed by atoms with E-state index in [0.717, 1.165) is 5.82 Å². The van der Waals surface area contributed by atoms with Crippen LogP contribution in [0, 0.1) is 18.7 Å². The second kappa shape index (κ2) is 5.04. The van der Waals surface area contributed by atoms with Gasteiger partial charge in [-0.05, 0) is 42.8 Å². The first-order valence-electron chi connectivity index (χ1n) is 6.67. The largest absolute Gasteiger partial charge is 0.294 e. The maximum atomic E-state index is 12.9. The number of fused-ring (bicyclic) bond motifs is 1. The molecular formula is C16H16FN2O+. The number of halogens is 1. The molecule has 0 fully saturated rings. The standard InChI is InChI=1S/C16H15FN2O/c1-11-6-7-19-10-13(9-18-15(19)8-11)16(20)12-2-4-14(17)5-3-12/h2-8,13H,9-10H2,1H3/p+1. The van der Waals surface area contributed by atoms with Crippen molar-refractivity contribution in [3.63, 3.8) is 0 Å². The van der Waals surface area contributed by atoms with E-state index >= 15 is 0 Å². The predicted molar refractivity (Wildman–Crippen MR) is 74.1 cm³/mol. The molecule has 1 unspecified atom stereocenters. The SMILES string of the molecule is Cc1cc[n+]2c(c1)NCC(C(=O)c1ccc(F)cc1)C2. The number of rotatable bonds is 2. The molecule has 0 saturated carbocycles. The van der Waals surface area contributed by atoms with Crippen LogP contribution in [0.5, 0.6) is 0 Å². The molecule has 1 N–H and O–H groups in total. The number of nitrogens with one attached hydrogen (secondary N) is 1. The minimum Gasteiger partial charge on any atom is -0.294 e. The van der Waals surface area contributed by atoms with Crippen LogP contribution in [0.15, 0.2) is 42.6 Å². The van der Waals surface area contributed by atoms with Crippen molar-refractivity contribution in [2.45, 2.75) is 13.5 Å². The molecule has 1 aliphatic heterocycles. The summed E-state index contributed by atoms with van der Waals surface area (Å²) in [5.41, 5.74) is 1.75. The Kier molecular flexibility index (Phi) is 3.22. The highest BCUT2D eigenvalue weighted by Gasteiger charge is 2.29. The number of hydrogen-bond acceptors (Lipinski definition) is 2. The van der Waals surface area contributed by atoms with Crippen LogP contribution in [-0.2, 0) is 6.54 Å². The highest BCUT2D eigenvalue weighted by molar-refractivity contribution is 5.98. The Morgan fingerprint density at radius 2 is 2.05 bits per heavy atom. The summed E-state index contributed by atoms with van der Waals surface area (Å²) in [6.07, 6.45) is 1.99. The number of hydrogen-bond donors (Lipinski definition) is 1. The van der Waals surface area contributed by atoms with E-state index in [1.165, 1.54) is 17.7 Å². The molecule has 1 aliphatic rings. The van der Waals surface area contributed by atoms with Gasteiger partial charge in [0.25, 0.3) is 5.82 Å². The summed E-state index contributed by atoms with van der Waals surface area (Å²) >= 11 is 0. The molecule has 0 bridgehead atoms. The Balaban J connectivity index is 1.81. The van der Waals surface area contributed by atoms with Crippen LogP contribution in [-0.4, -0.2) is 12.3 Å². The lowest BCUT2D eigenvalue weighted by molar-refractivity contribution is -0.690. The smallest absolute Gasteiger partial charge is 0.274 e. The molecule has 2 aromatic rings. The first-order chi connectivity index (χ1) is 9.63. The molecule has 0 saturated heterocycles. The zero-order chi connectivity index (χ0) is 14.1. The lowest BCUT2D eigenvalue weighted by atomic mass is 9.96. The van der Waals surface area contributed by atoms with Crippen LogP contribution in [0.4, 0.5) is 10.2 Å². The van der Waals surface area contributed by atoms with Gasteiger partial charge in [-0.25, -0.2) is 8.96 Å². The van der Waals surface area contributed by atoms with Crippen molar-refractivity contribution in [2.24, 2.45) is 5.92 Å². The molecule has 3 nitrogen and oxygen atoms in total. The Hall–Kier alpha value is -2.23. The van der Waals surface area contributed by atoms with E-state index in [1.54, 1.807) is 12.1 Å². The van der Waals surface area contributed by atoms with E-state index in [1.807, 2.05) is 23.8 Å². The first-order valence-corrected chi connectivity index (χ1v) is 6.67. The van der Waals surface area contributed by atoms with E-state index in [9.17, 15) is 9.18 Å². The van der Waals surface area contributed by atoms with Crippen LogP contribution in [0.3, 0.4) is 0 Å². The molecule has 0 amide bonds. The lowest BCUT2D eigenvalue weighted by Crippen LogP contribution is -2.49. The molecule has 3 rings (SSSR count). The molecule has 2 heterocycles. The molecule has 1 aromatic heterocycles. The molecule has 1 aromatic carbocycles. The van der Waals surface area contributed by atoms with E-state index in [4.69, 9.17) is 0 Å². The minimum absolute atomic E-state index is 0.0521. The van der Waals surface area contributed by atoms with Gasteiger partial charge in [0, 0.05) is 11.6 Å². The maximum absolute atomic E-state index is 12.9. The van der Waals surface area contributed by atoms with Gasteiger partial charge in [-0.2, -0.15) is 0 Å². The Labute approximate surface area is 117 Å². The molecule has 20 heavy (non-hydrogen) atoms. The summed E-state index contributed by atoms with van der Waals surface area (Å²) in [5.74, 6) is 0.642. The van der Waals surface area contributed by atoms with E-state index in [0.29, 0.717) is 18.7 Å². The number of carbonyl (C=O) groups excluding carboxylic acids is 1. The normalized spacial score (nSPS) is 17.2. The van der Waals surface area contributed by atoms with Crippen LogP contribution < -0.4 is 9.88 Å². The van der Waals surface area contributed by atoms with Gasteiger partial charge in [0.05, 0.1) is 18.7 Å². The van der Waals surface area contributed by atoms with Gasteiger partial charge < -0.3 is 0 Å². The highest BCUT2D eigenvalue weighted by Crippen LogP contribution is 2.16. The van der Waals surface area contributed by atoms with Crippen LogP contribution in [0.2, 0.25) is 0 Å². The molecule has 4 heteroatoms. The third kappa shape index (κ3) is 2.41. The number of nitrogens with zero attached hydrogens (tertiary/aromatic N) is 1. The van der Waals surface area contributed by atoms with E-state index < -0.39 is 0 Å². The van der Waals surface area contributed by atoms with Crippen molar-refractivity contribution in [3.05, 3.63) is 59.5 Å². The fourth-order valence-corrected chi connectivity index (χ4v) is 2.50.